The van der Waals surface area contributed by atoms with E-state index in [0.29, 0.717) is 17.9 Å². The predicted octanol–water partition coefficient (Wildman–Crippen LogP) is 3.81. The van der Waals surface area contributed by atoms with Gasteiger partial charge in [-0.15, -0.1) is 13.2 Å². The third kappa shape index (κ3) is 4.91. The molecule has 0 bridgehead atoms. The van der Waals surface area contributed by atoms with E-state index in [0.717, 1.165) is 11.1 Å². The molecular formula is C17H17F3N2O2. The number of amidine groups is 1. The van der Waals surface area contributed by atoms with E-state index in [1.807, 2.05) is 25.1 Å². The van der Waals surface area contributed by atoms with Crippen LogP contribution in [0.4, 0.5) is 13.2 Å². The molecule has 0 amide bonds. The highest BCUT2D eigenvalue weighted by Gasteiger charge is 2.30. The molecule has 0 aromatic heterocycles. The van der Waals surface area contributed by atoms with Crippen molar-refractivity contribution in [1.82, 2.24) is 0 Å². The molecule has 0 atom stereocenters. The first-order valence-corrected chi connectivity index (χ1v) is 7.08. The molecule has 0 aliphatic carbocycles. The number of benzene rings is 2. The van der Waals surface area contributed by atoms with Crippen LogP contribution in [0.25, 0.3) is 0 Å². The van der Waals surface area contributed by atoms with E-state index >= 15 is 0 Å². The lowest BCUT2D eigenvalue weighted by atomic mass is 10.1. The smallest absolute Gasteiger partial charge is 0.496 e. The fraction of sp³-hybridized carbons (Fsp3) is 0.235. The van der Waals surface area contributed by atoms with Gasteiger partial charge in [-0.3, -0.25) is 4.99 Å². The maximum Gasteiger partial charge on any atom is 0.573 e. The van der Waals surface area contributed by atoms with Crippen LogP contribution in [0.15, 0.2) is 47.5 Å². The number of nitrogens with zero attached hydrogens (tertiary/aromatic N) is 1. The number of hydrogen-bond acceptors (Lipinski definition) is 3. The van der Waals surface area contributed by atoms with E-state index in [4.69, 9.17) is 10.5 Å². The molecule has 128 valence electrons. The first kappa shape index (κ1) is 17.7. The second-order valence-corrected chi connectivity index (χ2v) is 5.09. The zero-order valence-corrected chi connectivity index (χ0v) is 13.2. The molecule has 0 radical (unpaired) electrons. The second kappa shape index (κ2) is 7.25. The number of nitrogens with two attached hydrogens (primary N) is 1. The monoisotopic (exact) mass is 338 g/mol. The number of ether oxygens (including phenoxy) is 2. The van der Waals surface area contributed by atoms with Gasteiger partial charge < -0.3 is 15.2 Å². The molecule has 4 nitrogen and oxygen atoms in total. The maximum absolute atomic E-state index is 12.1. The summed E-state index contributed by atoms with van der Waals surface area (Å²) < 4.78 is 45.5. The second-order valence-electron chi connectivity index (χ2n) is 5.09. The molecule has 0 unspecified atom stereocenters. The van der Waals surface area contributed by atoms with Gasteiger partial charge in [0.1, 0.15) is 17.3 Å². The van der Waals surface area contributed by atoms with Gasteiger partial charge in [0.05, 0.1) is 13.7 Å². The molecule has 2 N–H and O–H groups in total. The Morgan fingerprint density at radius 1 is 1.12 bits per heavy atom. The molecule has 0 aliphatic heterocycles. The van der Waals surface area contributed by atoms with Crippen LogP contribution < -0.4 is 15.2 Å². The quantitative estimate of drug-likeness (QED) is 0.666. The van der Waals surface area contributed by atoms with Crippen molar-refractivity contribution in [2.24, 2.45) is 10.7 Å². The van der Waals surface area contributed by atoms with E-state index < -0.39 is 6.36 Å². The molecular weight excluding hydrogens is 321 g/mol. The summed E-state index contributed by atoms with van der Waals surface area (Å²) in [5, 5.41) is 0. The average Bonchev–Trinajstić information content (AvgIpc) is 2.52. The van der Waals surface area contributed by atoms with Gasteiger partial charge in [-0.05, 0) is 37.3 Å². The average molecular weight is 338 g/mol. The zero-order chi connectivity index (χ0) is 17.7. The minimum absolute atomic E-state index is 0.220. The highest BCUT2D eigenvalue weighted by molar-refractivity contribution is 5.97. The van der Waals surface area contributed by atoms with Gasteiger partial charge >= 0.3 is 6.36 Å². The van der Waals surface area contributed by atoms with E-state index in [-0.39, 0.29) is 11.6 Å². The Kier molecular flexibility index (Phi) is 5.33. The molecule has 0 aliphatic rings. The van der Waals surface area contributed by atoms with Crippen LogP contribution in [0.3, 0.4) is 0 Å². The van der Waals surface area contributed by atoms with Crippen molar-refractivity contribution in [3.63, 3.8) is 0 Å². The Morgan fingerprint density at radius 2 is 1.79 bits per heavy atom. The Bertz CT molecular complexity index is 726. The molecule has 2 aromatic rings. The summed E-state index contributed by atoms with van der Waals surface area (Å²) in [4.78, 5) is 4.27. The van der Waals surface area contributed by atoms with Gasteiger partial charge in [0, 0.05) is 11.1 Å². The van der Waals surface area contributed by atoms with Crippen molar-refractivity contribution in [3.8, 4) is 11.5 Å². The van der Waals surface area contributed by atoms with E-state index in [2.05, 4.69) is 9.73 Å². The van der Waals surface area contributed by atoms with Crippen LogP contribution >= 0.6 is 0 Å². The van der Waals surface area contributed by atoms with Gasteiger partial charge in [-0.25, -0.2) is 0 Å². The lowest BCUT2D eigenvalue weighted by molar-refractivity contribution is -0.274. The molecule has 0 saturated heterocycles. The summed E-state index contributed by atoms with van der Waals surface area (Å²) in [6, 6.07) is 10.9. The molecule has 0 saturated carbocycles. The van der Waals surface area contributed by atoms with Crippen molar-refractivity contribution in [3.05, 3.63) is 59.2 Å². The summed E-state index contributed by atoms with van der Waals surface area (Å²) in [6.45, 7) is 2.26. The van der Waals surface area contributed by atoms with Gasteiger partial charge in [0.25, 0.3) is 0 Å². The SMILES string of the molecule is COc1ccc(C)cc1CN=C(N)c1ccc(OC(F)(F)F)cc1. The topological polar surface area (TPSA) is 56.8 Å². The van der Waals surface area contributed by atoms with E-state index in [1.54, 1.807) is 7.11 Å². The highest BCUT2D eigenvalue weighted by atomic mass is 19.4. The Labute approximate surface area is 137 Å². The number of aryl methyl sites for hydroxylation is 1. The normalized spacial score (nSPS) is 12.1. The van der Waals surface area contributed by atoms with E-state index in [9.17, 15) is 13.2 Å². The molecule has 0 spiro atoms. The summed E-state index contributed by atoms with van der Waals surface area (Å²) in [5.41, 5.74) is 8.34. The van der Waals surface area contributed by atoms with Crippen LogP contribution in [0, 0.1) is 6.92 Å². The third-order valence-corrected chi connectivity index (χ3v) is 3.24. The highest BCUT2D eigenvalue weighted by Crippen LogP contribution is 2.23. The minimum atomic E-state index is -4.72. The van der Waals surface area contributed by atoms with Crippen LogP contribution in [0.2, 0.25) is 0 Å². The molecule has 7 heteroatoms. The fourth-order valence-electron chi connectivity index (χ4n) is 2.12. The Morgan fingerprint density at radius 3 is 2.38 bits per heavy atom. The van der Waals surface area contributed by atoms with Crippen molar-refractivity contribution >= 4 is 5.84 Å². The standard InChI is InChI=1S/C17H17F3N2O2/c1-11-3-8-15(23-2)13(9-11)10-22-16(21)12-4-6-14(7-5-12)24-17(18,19)20/h3-9H,10H2,1-2H3,(H2,21,22). The number of hydrogen-bond donors (Lipinski definition) is 1. The van der Waals surface area contributed by atoms with Gasteiger partial charge in [-0.2, -0.15) is 0 Å². The summed E-state index contributed by atoms with van der Waals surface area (Å²) in [6.07, 6.45) is -4.72. The predicted molar refractivity (Wildman–Crippen MR) is 85.3 cm³/mol. The van der Waals surface area contributed by atoms with Gasteiger partial charge in [-0.1, -0.05) is 17.7 Å². The maximum atomic E-state index is 12.1. The molecule has 2 rings (SSSR count). The summed E-state index contributed by atoms with van der Waals surface area (Å²) in [5.74, 6) is 0.614. The van der Waals surface area contributed by atoms with Crippen molar-refractivity contribution in [2.75, 3.05) is 7.11 Å². The minimum Gasteiger partial charge on any atom is -0.496 e. The first-order chi connectivity index (χ1) is 11.3. The zero-order valence-electron chi connectivity index (χ0n) is 13.2. The number of methoxy groups -OCH3 is 1. The van der Waals surface area contributed by atoms with Crippen LogP contribution in [0.1, 0.15) is 16.7 Å². The number of aliphatic imine (C=N–C) groups is 1. The molecule has 0 heterocycles. The van der Waals surface area contributed by atoms with Crippen LogP contribution in [-0.2, 0) is 6.54 Å². The summed E-state index contributed by atoms with van der Waals surface area (Å²) in [7, 11) is 1.57. The number of alkyl halides is 3. The van der Waals surface area contributed by atoms with Crippen LogP contribution in [-0.4, -0.2) is 19.3 Å². The van der Waals surface area contributed by atoms with Crippen molar-refractivity contribution in [2.45, 2.75) is 19.8 Å². The number of rotatable bonds is 5. The molecule has 2 aromatic carbocycles. The fourth-order valence-corrected chi connectivity index (χ4v) is 2.12. The van der Waals surface area contributed by atoms with Gasteiger partial charge in [0.2, 0.25) is 0 Å². The van der Waals surface area contributed by atoms with Gasteiger partial charge in [0.15, 0.2) is 0 Å². The molecule has 0 fully saturated rings. The lowest BCUT2D eigenvalue weighted by Gasteiger charge is -2.10. The van der Waals surface area contributed by atoms with Crippen molar-refractivity contribution in [1.29, 1.82) is 0 Å². The van der Waals surface area contributed by atoms with Crippen molar-refractivity contribution < 1.29 is 22.6 Å². The Balaban J connectivity index is 2.12. The van der Waals surface area contributed by atoms with E-state index in [1.165, 1.54) is 24.3 Å². The largest absolute Gasteiger partial charge is 0.573 e. The van der Waals surface area contributed by atoms with Crippen LogP contribution in [0.5, 0.6) is 11.5 Å². The third-order valence-electron chi connectivity index (χ3n) is 3.24. The molecule has 24 heavy (non-hydrogen) atoms. The Hall–Kier alpha value is -2.70. The first-order valence-electron chi connectivity index (χ1n) is 7.08. The summed E-state index contributed by atoms with van der Waals surface area (Å²) >= 11 is 0. The number of halogens is 3. The lowest BCUT2D eigenvalue weighted by Crippen LogP contribution is -2.17.